The molecule has 7 nitrogen and oxygen atoms in total. The van der Waals surface area contributed by atoms with Crippen molar-refractivity contribution in [2.75, 3.05) is 49.9 Å². The van der Waals surface area contributed by atoms with E-state index in [9.17, 15) is 4.79 Å². The molecule has 0 spiro atoms. The number of H-pyrrole nitrogens is 1. The zero-order valence-corrected chi connectivity index (χ0v) is 10.2. The summed E-state index contributed by atoms with van der Waals surface area (Å²) in [6, 6.07) is 0.677. The Bertz CT molecular complexity index is 475. The fourth-order valence-electron chi connectivity index (χ4n) is 2.48. The molecule has 0 aromatic carbocycles. The van der Waals surface area contributed by atoms with E-state index in [0.29, 0.717) is 11.9 Å². The van der Waals surface area contributed by atoms with Gasteiger partial charge in [0.15, 0.2) is 5.82 Å². The van der Waals surface area contributed by atoms with Gasteiger partial charge in [0, 0.05) is 45.3 Å². The zero-order chi connectivity index (χ0) is 12.5. The Hall–Kier alpha value is -1.60. The second-order valence-electron chi connectivity index (χ2n) is 4.80. The molecule has 3 rings (SSSR count). The summed E-state index contributed by atoms with van der Waals surface area (Å²) in [6.07, 6.45) is 1.41. The highest BCUT2D eigenvalue weighted by Gasteiger charge is 2.28. The predicted octanol–water partition coefficient (Wildman–Crippen LogP) is -1.55. The minimum atomic E-state index is -0.259. The summed E-state index contributed by atoms with van der Waals surface area (Å²) in [5.74, 6) is 0.616. The lowest BCUT2D eigenvalue weighted by molar-refractivity contribution is 0.138. The number of rotatable bonds is 2. The number of hydrogen-bond acceptors (Lipinski definition) is 6. The molecule has 0 radical (unpaired) electrons. The van der Waals surface area contributed by atoms with E-state index in [1.807, 2.05) is 0 Å². The first-order valence-corrected chi connectivity index (χ1v) is 6.28. The number of nitrogens with two attached hydrogens (primary N) is 1. The predicted molar refractivity (Wildman–Crippen MR) is 69.7 cm³/mol. The molecule has 4 N–H and O–H groups in total. The van der Waals surface area contributed by atoms with Gasteiger partial charge in [0.25, 0.3) is 5.56 Å². The Morgan fingerprint density at radius 3 is 2.61 bits per heavy atom. The Balaban J connectivity index is 1.68. The lowest BCUT2D eigenvalue weighted by Gasteiger charge is -2.43. The number of aromatic amines is 1. The summed E-state index contributed by atoms with van der Waals surface area (Å²) in [5, 5.41) is 3.28. The molecule has 0 aliphatic carbocycles. The summed E-state index contributed by atoms with van der Waals surface area (Å²) in [7, 11) is 0. The molecule has 3 heterocycles. The number of nitrogen functional groups attached to an aromatic ring is 1. The molecule has 7 heteroatoms. The molecule has 0 amide bonds. The first-order valence-electron chi connectivity index (χ1n) is 6.28. The van der Waals surface area contributed by atoms with Gasteiger partial charge in [-0.25, -0.2) is 4.98 Å². The number of nitrogens with zero attached hydrogens (tertiary/aromatic N) is 3. The third-order valence-electron chi connectivity index (χ3n) is 3.76. The first-order chi connectivity index (χ1) is 8.75. The molecule has 0 atom stereocenters. The van der Waals surface area contributed by atoms with Crippen molar-refractivity contribution in [3.63, 3.8) is 0 Å². The maximum absolute atomic E-state index is 11.4. The topological polar surface area (TPSA) is 90.3 Å². The molecule has 2 saturated heterocycles. The van der Waals surface area contributed by atoms with Crippen LogP contribution in [0.25, 0.3) is 0 Å². The molecule has 98 valence electrons. The van der Waals surface area contributed by atoms with Crippen LogP contribution in [0.4, 0.5) is 11.5 Å². The van der Waals surface area contributed by atoms with E-state index >= 15 is 0 Å². The Morgan fingerprint density at radius 1 is 1.28 bits per heavy atom. The van der Waals surface area contributed by atoms with Crippen molar-refractivity contribution in [3.05, 3.63) is 16.7 Å². The molecule has 2 aliphatic rings. The van der Waals surface area contributed by atoms with Crippen molar-refractivity contribution < 1.29 is 0 Å². The van der Waals surface area contributed by atoms with Gasteiger partial charge in [0.05, 0.1) is 6.33 Å². The lowest BCUT2D eigenvalue weighted by atomic mass is 10.1. The highest BCUT2D eigenvalue weighted by molar-refractivity contribution is 5.61. The van der Waals surface area contributed by atoms with Crippen molar-refractivity contribution in [2.45, 2.75) is 6.04 Å². The van der Waals surface area contributed by atoms with E-state index < -0.39 is 0 Å². The number of nitrogens with one attached hydrogen (secondary N) is 2. The van der Waals surface area contributed by atoms with Crippen LogP contribution in [0.15, 0.2) is 11.1 Å². The van der Waals surface area contributed by atoms with Crippen LogP contribution in [-0.2, 0) is 0 Å². The zero-order valence-electron chi connectivity index (χ0n) is 10.2. The standard InChI is InChI=1S/C11H18N6O/c12-9-10(14-7-15-11(9)18)17-3-1-16(2-4-17)8-5-13-6-8/h7-8,13H,1-6,12H2,(H,14,15,18). The highest BCUT2D eigenvalue weighted by atomic mass is 16.1. The van der Waals surface area contributed by atoms with Crippen LogP contribution in [0.5, 0.6) is 0 Å². The Labute approximate surface area is 105 Å². The molecular formula is C11H18N6O. The molecule has 2 fully saturated rings. The van der Waals surface area contributed by atoms with E-state index in [0.717, 1.165) is 39.3 Å². The van der Waals surface area contributed by atoms with Crippen molar-refractivity contribution in [2.24, 2.45) is 0 Å². The van der Waals surface area contributed by atoms with Crippen LogP contribution >= 0.6 is 0 Å². The monoisotopic (exact) mass is 250 g/mol. The van der Waals surface area contributed by atoms with Crippen LogP contribution in [0.2, 0.25) is 0 Å². The molecule has 1 aromatic heterocycles. The van der Waals surface area contributed by atoms with Gasteiger partial charge in [-0.15, -0.1) is 0 Å². The molecule has 1 aromatic rings. The second kappa shape index (κ2) is 4.58. The largest absolute Gasteiger partial charge is 0.391 e. The maximum Gasteiger partial charge on any atom is 0.276 e. The number of piperazine rings is 1. The minimum Gasteiger partial charge on any atom is -0.391 e. The van der Waals surface area contributed by atoms with Gasteiger partial charge < -0.3 is 20.9 Å². The highest BCUT2D eigenvalue weighted by Crippen LogP contribution is 2.18. The van der Waals surface area contributed by atoms with Crippen molar-refractivity contribution in [1.29, 1.82) is 0 Å². The van der Waals surface area contributed by atoms with Gasteiger partial charge >= 0.3 is 0 Å². The molecule has 0 bridgehead atoms. The molecule has 18 heavy (non-hydrogen) atoms. The van der Waals surface area contributed by atoms with E-state index in [-0.39, 0.29) is 11.2 Å². The first kappa shape index (κ1) is 11.5. The van der Waals surface area contributed by atoms with Crippen LogP contribution in [0, 0.1) is 0 Å². The average Bonchev–Trinajstić information content (AvgIpc) is 2.32. The summed E-state index contributed by atoms with van der Waals surface area (Å²) < 4.78 is 0. The van der Waals surface area contributed by atoms with Gasteiger partial charge in [-0.2, -0.15) is 0 Å². The lowest BCUT2D eigenvalue weighted by Crippen LogP contribution is -2.61. The molecule has 0 unspecified atom stereocenters. The van der Waals surface area contributed by atoms with E-state index in [1.54, 1.807) is 0 Å². The summed E-state index contributed by atoms with van der Waals surface area (Å²) >= 11 is 0. The Kier molecular flexibility index (Phi) is 2.92. The Morgan fingerprint density at radius 2 is 2.00 bits per heavy atom. The smallest absolute Gasteiger partial charge is 0.276 e. The SMILES string of the molecule is Nc1c(N2CCN(C3CNC3)CC2)nc[nH]c1=O. The second-order valence-corrected chi connectivity index (χ2v) is 4.80. The average molecular weight is 250 g/mol. The third kappa shape index (κ3) is 1.95. The van der Waals surface area contributed by atoms with Crippen molar-refractivity contribution in [3.8, 4) is 0 Å². The summed E-state index contributed by atoms with van der Waals surface area (Å²) in [5.41, 5.74) is 5.73. The van der Waals surface area contributed by atoms with Crippen molar-refractivity contribution >= 4 is 11.5 Å². The number of anilines is 2. The third-order valence-corrected chi connectivity index (χ3v) is 3.76. The quantitative estimate of drug-likeness (QED) is 0.588. The minimum absolute atomic E-state index is 0.219. The maximum atomic E-state index is 11.4. The fourth-order valence-corrected chi connectivity index (χ4v) is 2.48. The fraction of sp³-hybridized carbons (Fsp3) is 0.636. The van der Waals surface area contributed by atoms with Crippen molar-refractivity contribution in [1.82, 2.24) is 20.2 Å². The van der Waals surface area contributed by atoms with Gasteiger partial charge in [0.2, 0.25) is 0 Å². The van der Waals surface area contributed by atoms with Crippen LogP contribution in [-0.4, -0.2) is 60.2 Å². The van der Waals surface area contributed by atoms with E-state index in [4.69, 9.17) is 5.73 Å². The molecular weight excluding hydrogens is 232 g/mol. The number of hydrogen-bond donors (Lipinski definition) is 3. The van der Waals surface area contributed by atoms with Crippen LogP contribution in [0.3, 0.4) is 0 Å². The molecule has 0 saturated carbocycles. The normalized spacial score (nSPS) is 21.9. The summed E-state index contributed by atoms with van der Waals surface area (Å²) in [4.78, 5) is 22.7. The van der Waals surface area contributed by atoms with Gasteiger partial charge in [-0.1, -0.05) is 0 Å². The van der Waals surface area contributed by atoms with Gasteiger partial charge in [0.1, 0.15) is 5.69 Å². The molecule has 2 aliphatic heterocycles. The number of aromatic nitrogens is 2. The van der Waals surface area contributed by atoms with Crippen LogP contribution < -0.4 is 21.5 Å². The van der Waals surface area contributed by atoms with Gasteiger partial charge in [-0.3, -0.25) is 9.69 Å². The van der Waals surface area contributed by atoms with Crippen LogP contribution in [0.1, 0.15) is 0 Å². The van der Waals surface area contributed by atoms with Gasteiger partial charge in [-0.05, 0) is 0 Å². The van der Waals surface area contributed by atoms with E-state index in [1.165, 1.54) is 6.33 Å². The van der Waals surface area contributed by atoms with E-state index in [2.05, 4.69) is 25.1 Å². The summed E-state index contributed by atoms with van der Waals surface area (Å²) in [6.45, 7) is 5.92.